The molecule has 0 spiro atoms. The molecule has 16 heavy (non-hydrogen) atoms. The maximum absolute atomic E-state index is 11.8. The molecule has 0 amide bonds. The fourth-order valence-electron chi connectivity index (χ4n) is 1.16. The Balaban J connectivity index is 2.12. The van der Waals surface area contributed by atoms with Crippen LogP contribution in [0.3, 0.4) is 0 Å². The third-order valence-electron chi connectivity index (χ3n) is 1.92. The van der Waals surface area contributed by atoms with Crippen LogP contribution in [0.4, 0.5) is 0 Å². The summed E-state index contributed by atoms with van der Waals surface area (Å²) in [6.45, 7) is 0. The first-order chi connectivity index (χ1) is 7.75. The Kier molecular flexibility index (Phi) is 3.59. The van der Waals surface area contributed by atoms with Gasteiger partial charge in [0.15, 0.2) is 0 Å². The molecule has 0 fully saturated rings. The molecule has 0 heterocycles. The normalized spacial score (nSPS) is 12.1. The molecule has 0 radical (unpaired) electrons. The summed E-state index contributed by atoms with van der Waals surface area (Å²) in [6, 6.07) is 15.8. The average Bonchev–Trinajstić information content (AvgIpc) is 2.31. The van der Waals surface area contributed by atoms with Gasteiger partial charge in [0.1, 0.15) is 5.75 Å². The lowest BCUT2D eigenvalue weighted by atomic mass is 10.3. The molecule has 1 unspecified atom stereocenters. The molecule has 2 nitrogen and oxygen atoms in total. The van der Waals surface area contributed by atoms with Gasteiger partial charge in [0.2, 0.25) is 11.1 Å². The van der Waals surface area contributed by atoms with E-state index in [1.165, 1.54) is 0 Å². The van der Waals surface area contributed by atoms with E-state index in [0.29, 0.717) is 15.7 Å². The first-order valence-corrected chi connectivity index (χ1v) is 6.12. The van der Waals surface area contributed by atoms with E-state index in [9.17, 15) is 4.21 Å². The van der Waals surface area contributed by atoms with Crippen LogP contribution in [-0.2, 0) is 11.1 Å². The smallest absolute Gasteiger partial charge is 0.240 e. The van der Waals surface area contributed by atoms with Crippen LogP contribution < -0.4 is 4.18 Å². The Hall–Kier alpha value is -1.32. The minimum absolute atomic E-state index is 0.579. The summed E-state index contributed by atoms with van der Waals surface area (Å²) < 4.78 is 17.0. The van der Waals surface area contributed by atoms with Crippen molar-refractivity contribution in [3.63, 3.8) is 0 Å². The Morgan fingerprint density at radius 1 is 0.938 bits per heavy atom. The van der Waals surface area contributed by atoms with Crippen molar-refractivity contribution >= 4 is 22.7 Å². The van der Waals surface area contributed by atoms with Crippen molar-refractivity contribution in [3.8, 4) is 5.75 Å². The Labute approximate surface area is 101 Å². The summed E-state index contributed by atoms with van der Waals surface area (Å²) in [5.74, 6) is 0.579. The van der Waals surface area contributed by atoms with Crippen LogP contribution in [0.1, 0.15) is 0 Å². The van der Waals surface area contributed by atoms with Crippen molar-refractivity contribution in [2.24, 2.45) is 0 Å². The van der Waals surface area contributed by atoms with Crippen molar-refractivity contribution < 1.29 is 8.39 Å². The highest BCUT2D eigenvalue weighted by atomic mass is 35.5. The second kappa shape index (κ2) is 5.14. The van der Waals surface area contributed by atoms with E-state index >= 15 is 0 Å². The van der Waals surface area contributed by atoms with E-state index in [1.54, 1.807) is 36.4 Å². The Bertz CT molecular complexity index is 482. The second-order valence-electron chi connectivity index (χ2n) is 3.09. The van der Waals surface area contributed by atoms with Gasteiger partial charge in [0, 0.05) is 5.02 Å². The van der Waals surface area contributed by atoms with E-state index in [-0.39, 0.29) is 0 Å². The molecule has 2 rings (SSSR count). The zero-order valence-corrected chi connectivity index (χ0v) is 9.87. The van der Waals surface area contributed by atoms with Crippen LogP contribution in [0.5, 0.6) is 5.75 Å². The van der Waals surface area contributed by atoms with Gasteiger partial charge < -0.3 is 4.18 Å². The van der Waals surface area contributed by atoms with Gasteiger partial charge in [-0.15, -0.1) is 0 Å². The van der Waals surface area contributed by atoms with Crippen LogP contribution in [0.25, 0.3) is 0 Å². The molecule has 4 heteroatoms. The highest BCUT2D eigenvalue weighted by Crippen LogP contribution is 2.16. The molecule has 0 aliphatic heterocycles. The summed E-state index contributed by atoms with van der Waals surface area (Å²) in [5, 5.41) is 0.612. The van der Waals surface area contributed by atoms with Gasteiger partial charge in [-0.05, 0) is 36.4 Å². The summed E-state index contributed by atoms with van der Waals surface area (Å²) in [6.07, 6.45) is 0. The van der Waals surface area contributed by atoms with Crippen molar-refractivity contribution in [1.82, 2.24) is 0 Å². The van der Waals surface area contributed by atoms with Gasteiger partial charge in [0.25, 0.3) is 0 Å². The number of halogens is 1. The van der Waals surface area contributed by atoms with Crippen LogP contribution in [0.2, 0.25) is 5.02 Å². The number of rotatable bonds is 3. The highest BCUT2D eigenvalue weighted by molar-refractivity contribution is 7.80. The van der Waals surface area contributed by atoms with E-state index < -0.39 is 11.1 Å². The molecule has 1 atom stereocenters. The lowest BCUT2D eigenvalue weighted by Gasteiger charge is -2.04. The van der Waals surface area contributed by atoms with Crippen LogP contribution >= 0.6 is 11.6 Å². The molecule has 0 aliphatic rings. The van der Waals surface area contributed by atoms with Crippen molar-refractivity contribution in [2.45, 2.75) is 4.90 Å². The zero-order valence-electron chi connectivity index (χ0n) is 8.30. The van der Waals surface area contributed by atoms with Gasteiger partial charge in [0.05, 0.1) is 4.90 Å². The van der Waals surface area contributed by atoms with Gasteiger partial charge in [-0.1, -0.05) is 29.8 Å². The number of hydrogen-bond donors (Lipinski definition) is 0. The largest absolute Gasteiger partial charge is 0.397 e. The summed E-state index contributed by atoms with van der Waals surface area (Å²) in [4.78, 5) is 0.591. The molecule has 0 N–H and O–H groups in total. The van der Waals surface area contributed by atoms with Gasteiger partial charge in [-0.3, -0.25) is 0 Å². The van der Waals surface area contributed by atoms with E-state index in [1.807, 2.05) is 18.2 Å². The first-order valence-electron chi connectivity index (χ1n) is 4.66. The molecule has 0 saturated heterocycles. The van der Waals surface area contributed by atoms with E-state index in [0.717, 1.165) is 0 Å². The Morgan fingerprint density at radius 2 is 1.56 bits per heavy atom. The van der Waals surface area contributed by atoms with Crippen molar-refractivity contribution in [1.29, 1.82) is 0 Å². The molecule has 0 saturated carbocycles. The minimum Gasteiger partial charge on any atom is -0.397 e. The molecular weight excluding hydrogens is 244 g/mol. The fourth-order valence-corrected chi connectivity index (χ4v) is 2.02. The number of hydrogen-bond acceptors (Lipinski definition) is 2. The molecule has 2 aromatic carbocycles. The third kappa shape index (κ3) is 2.84. The van der Waals surface area contributed by atoms with Gasteiger partial charge in [-0.2, -0.15) is 0 Å². The van der Waals surface area contributed by atoms with E-state index in [4.69, 9.17) is 15.8 Å². The quantitative estimate of drug-likeness (QED) is 0.837. The minimum atomic E-state index is -1.50. The Morgan fingerprint density at radius 3 is 2.19 bits per heavy atom. The predicted octanol–water partition coefficient (Wildman–Crippen LogP) is 3.44. The lowest BCUT2D eigenvalue weighted by molar-refractivity contribution is 0.562. The molecule has 82 valence electrons. The first kappa shape index (κ1) is 11.2. The summed E-state index contributed by atoms with van der Waals surface area (Å²) in [7, 11) is 0. The third-order valence-corrected chi connectivity index (χ3v) is 3.17. The van der Waals surface area contributed by atoms with Gasteiger partial charge >= 0.3 is 0 Å². The standard InChI is InChI=1S/C12H9ClO2S/c13-10-6-8-12(9-7-10)16(14)15-11-4-2-1-3-5-11/h1-9H. The lowest BCUT2D eigenvalue weighted by Crippen LogP contribution is -2.00. The summed E-state index contributed by atoms with van der Waals surface area (Å²) >= 11 is 4.24. The SMILES string of the molecule is O=S(Oc1ccccc1)c1ccc(Cl)cc1. The zero-order chi connectivity index (χ0) is 11.4. The second-order valence-corrected chi connectivity index (χ2v) is 4.63. The number of para-hydroxylation sites is 1. The molecule has 2 aromatic rings. The molecular formula is C12H9ClO2S. The van der Waals surface area contributed by atoms with Crippen molar-refractivity contribution in [2.75, 3.05) is 0 Å². The summed E-state index contributed by atoms with van der Waals surface area (Å²) in [5.41, 5.74) is 0. The van der Waals surface area contributed by atoms with Crippen molar-refractivity contribution in [3.05, 3.63) is 59.6 Å². The van der Waals surface area contributed by atoms with Crippen LogP contribution in [-0.4, -0.2) is 4.21 Å². The maximum Gasteiger partial charge on any atom is 0.240 e. The average molecular weight is 253 g/mol. The molecule has 0 bridgehead atoms. The topological polar surface area (TPSA) is 26.3 Å². The number of benzene rings is 2. The van der Waals surface area contributed by atoms with Gasteiger partial charge in [-0.25, -0.2) is 4.21 Å². The maximum atomic E-state index is 11.8. The molecule has 0 aliphatic carbocycles. The fraction of sp³-hybridized carbons (Fsp3) is 0. The molecule has 0 aromatic heterocycles. The van der Waals surface area contributed by atoms with Crippen LogP contribution in [0, 0.1) is 0 Å². The van der Waals surface area contributed by atoms with E-state index in [2.05, 4.69) is 0 Å². The predicted molar refractivity (Wildman–Crippen MR) is 64.9 cm³/mol. The van der Waals surface area contributed by atoms with Crippen LogP contribution in [0.15, 0.2) is 59.5 Å². The monoisotopic (exact) mass is 252 g/mol. The highest BCUT2D eigenvalue weighted by Gasteiger charge is 2.05.